The van der Waals surface area contributed by atoms with Gasteiger partial charge in [-0.15, -0.1) is 4.91 Å². The van der Waals surface area contributed by atoms with Gasteiger partial charge < -0.3 is 14.2 Å². The fourth-order valence-corrected chi connectivity index (χ4v) is 7.47. The van der Waals surface area contributed by atoms with Crippen molar-refractivity contribution in [1.82, 2.24) is 29.3 Å². The van der Waals surface area contributed by atoms with Crippen molar-refractivity contribution in [3.63, 3.8) is 0 Å². The molecule has 47 heavy (non-hydrogen) atoms. The van der Waals surface area contributed by atoms with Crippen LogP contribution in [-0.2, 0) is 24.1 Å². The van der Waals surface area contributed by atoms with E-state index < -0.39 is 0 Å². The minimum absolute atomic E-state index is 0.0171. The van der Waals surface area contributed by atoms with Crippen LogP contribution in [0.1, 0.15) is 80.8 Å². The van der Waals surface area contributed by atoms with E-state index in [0.29, 0.717) is 19.0 Å². The van der Waals surface area contributed by atoms with Gasteiger partial charge in [0.25, 0.3) is 0 Å². The predicted molar refractivity (Wildman–Crippen MR) is 188 cm³/mol. The third-order valence-electron chi connectivity index (χ3n) is 9.47. The van der Waals surface area contributed by atoms with E-state index in [2.05, 4.69) is 67.7 Å². The van der Waals surface area contributed by atoms with Crippen LogP contribution in [0.25, 0.3) is 0 Å². The van der Waals surface area contributed by atoms with Crippen molar-refractivity contribution >= 4 is 33.6 Å². The van der Waals surface area contributed by atoms with Crippen molar-refractivity contribution < 1.29 is 9.53 Å². The lowest BCUT2D eigenvalue weighted by Gasteiger charge is -2.39. The molecular formula is C35H47BrClN7O3. The third-order valence-corrected chi connectivity index (χ3v) is 10.1. The summed E-state index contributed by atoms with van der Waals surface area (Å²) in [5.74, 6) is 0.524. The Labute approximate surface area is 291 Å². The second-order valence-electron chi connectivity index (χ2n) is 12.8. The maximum atomic E-state index is 12.8. The lowest BCUT2D eigenvalue weighted by Crippen LogP contribution is -2.50. The van der Waals surface area contributed by atoms with Gasteiger partial charge in [0.15, 0.2) is 0 Å². The number of amides is 1. The minimum Gasteiger partial charge on any atom is -0.446 e. The normalized spacial score (nSPS) is 20.3. The highest BCUT2D eigenvalue weighted by Crippen LogP contribution is 2.38. The van der Waals surface area contributed by atoms with Crippen LogP contribution in [-0.4, -0.2) is 80.8 Å². The summed E-state index contributed by atoms with van der Waals surface area (Å²) in [6, 6.07) is 8.49. The molecule has 4 heterocycles. The van der Waals surface area contributed by atoms with Crippen molar-refractivity contribution in [2.75, 3.05) is 39.3 Å². The molecule has 0 bridgehead atoms. The van der Waals surface area contributed by atoms with E-state index in [4.69, 9.17) is 21.3 Å². The number of nitroso groups, excluding NO2 is 1. The smallest absolute Gasteiger partial charge is 0.410 e. The van der Waals surface area contributed by atoms with Gasteiger partial charge in [0.2, 0.25) is 0 Å². The van der Waals surface area contributed by atoms with Crippen molar-refractivity contribution in [3.8, 4) is 0 Å². The summed E-state index contributed by atoms with van der Waals surface area (Å²) in [6.07, 6.45) is 15.4. The van der Waals surface area contributed by atoms with Gasteiger partial charge in [-0.25, -0.2) is 9.78 Å². The molecule has 6 rings (SSSR count). The van der Waals surface area contributed by atoms with Gasteiger partial charge in [-0.05, 0) is 95.3 Å². The van der Waals surface area contributed by atoms with Crippen molar-refractivity contribution in [1.29, 1.82) is 0 Å². The maximum Gasteiger partial charge on any atom is 0.410 e. The van der Waals surface area contributed by atoms with Gasteiger partial charge in [0, 0.05) is 73.9 Å². The molecule has 1 aromatic carbocycles. The highest BCUT2D eigenvalue weighted by atomic mass is 79.9. The first kappa shape index (κ1) is 35.3. The highest BCUT2D eigenvalue weighted by molar-refractivity contribution is 9.10. The monoisotopic (exact) mass is 727 g/mol. The molecule has 1 amide bonds. The van der Waals surface area contributed by atoms with Gasteiger partial charge in [0.05, 0.1) is 23.3 Å². The fourth-order valence-electron chi connectivity index (χ4n) is 6.90. The molecule has 0 radical (unpaired) electrons. The number of imidazole rings is 1. The van der Waals surface area contributed by atoms with E-state index in [1.165, 1.54) is 23.1 Å². The summed E-state index contributed by atoms with van der Waals surface area (Å²) in [4.78, 5) is 36.3. The van der Waals surface area contributed by atoms with Gasteiger partial charge in [0.1, 0.15) is 6.10 Å². The van der Waals surface area contributed by atoms with Crippen molar-refractivity contribution in [3.05, 3.63) is 86.0 Å². The Hall–Kier alpha value is -3.02. The molecule has 10 nitrogen and oxygen atoms in total. The summed E-state index contributed by atoms with van der Waals surface area (Å²) >= 11 is 9.93. The number of piperazine rings is 1. The molecule has 2 saturated heterocycles. The molecule has 3 atom stereocenters. The molecule has 254 valence electrons. The van der Waals surface area contributed by atoms with E-state index in [0.717, 1.165) is 92.9 Å². The molecule has 0 saturated carbocycles. The minimum atomic E-state index is -0.173. The summed E-state index contributed by atoms with van der Waals surface area (Å²) in [7, 11) is 0. The number of nitrogens with zero attached hydrogens (tertiary/aromatic N) is 7. The number of aryl methyl sites for hydroxylation is 2. The van der Waals surface area contributed by atoms with Crippen LogP contribution >= 0.6 is 27.5 Å². The van der Waals surface area contributed by atoms with Crippen LogP contribution in [0, 0.1) is 10.8 Å². The molecule has 2 aromatic heterocycles. The average molecular weight is 729 g/mol. The number of carbonyl (C=O) groups excluding carboxylic acids is 1. The van der Waals surface area contributed by atoms with Crippen molar-refractivity contribution in [2.24, 2.45) is 11.2 Å². The number of hydrogen-bond donors (Lipinski definition) is 0. The summed E-state index contributed by atoms with van der Waals surface area (Å²) < 4.78 is 8.88. The molecule has 1 aliphatic carbocycles. The number of piperidine rings is 1. The Balaban J connectivity index is 0.000000257. The standard InChI is InChI=1S/C26H33BrClN3O2.C9H14N4O/c1-3-5-6-22(4-2)33-26(32)31-13-11-30(12-14-31)25-23-10-9-21(28)16-18(23)7-8-19-15-20(27)17-29-24(19)25;14-11-13-4-1-2-9(7-13)6-12-5-3-10-8-12/h9-10,15-17,22,25H,3-8,11-14H2,1-2H3;3,5,8-9H,1-2,4,6-7H2. The van der Waals surface area contributed by atoms with Crippen LogP contribution in [0.3, 0.4) is 0 Å². The summed E-state index contributed by atoms with van der Waals surface area (Å²) in [5, 5.41) is 5.37. The van der Waals surface area contributed by atoms with E-state index in [1.807, 2.05) is 29.7 Å². The number of hydrogen-bond acceptors (Lipinski definition) is 7. The van der Waals surface area contributed by atoms with E-state index in [9.17, 15) is 9.70 Å². The average Bonchev–Trinajstić information content (AvgIpc) is 3.55. The van der Waals surface area contributed by atoms with Crippen LogP contribution < -0.4 is 0 Å². The predicted octanol–water partition coefficient (Wildman–Crippen LogP) is 7.69. The molecule has 3 aliphatic rings. The lowest BCUT2D eigenvalue weighted by molar-refractivity contribution is 0.0367. The first-order valence-corrected chi connectivity index (χ1v) is 18.2. The summed E-state index contributed by atoms with van der Waals surface area (Å²) in [6.45, 7) is 9.67. The summed E-state index contributed by atoms with van der Waals surface area (Å²) in [5.41, 5.74) is 4.94. The zero-order valence-electron chi connectivity index (χ0n) is 27.6. The number of carbonyl (C=O) groups is 1. The van der Waals surface area contributed by atoms with Crippen molar-refractivity contribution in [2.45, 2.75) is 83.9 Å². The number of unbranched alkanes of at least 4 members (excludes halogenated alkanes) is 1. The molecule has 0 spiro atoms. The maximum absolute atomic E-state index is 12.8. The van der Waals surface area contributed by atoms with Crippen LogP contribution in [0.15, 0.2) is 58.9 Å². The SMILES string of the molecule is CCCCC(CC)OC(=O)N1CCN(C2c3ccc(Cl)cc3CCc3cc(Br)cnc32)CC1.O=NN1CCCC(Cn2ccnc2)C1. The quantitative estimate of drug-likeness (QED) is 0.209. The van der Waals surface area contributed by atoms with Gasteiger partial charge in [-0.2, -0.15) is 0 Å². The Kier molecular flexibility index (Phi) is 13.1. The number of rotatable bonds is 9. The van der Waals surface area contributed by atoms with Gasteiger partial charge in [-0.3, -0.25) is 14.9 Å². The number of benzene rings is 1. The molecule has 12 heteroatoms. The van der Waals surface area contributed by atoms with E-state index >= 15 is 0 Å². The number of halogens is 2. The first-order valence-electron chi connectivity index (χ1n) is 17.0. The first-order chi connectivity index (χ1) is 22.9. The number of pyridine rings is 1. The number of fused-ring (bicyclic) bond motifs is 2. The molecule has 3 unspecified atom stereocenters. The highest BCUT2D eigenvalue weighted by Gasteiger charge is 2.34. The van der Waals surface area contributed by atoms with Crippen LogP contribution in [0.5, 0.6) is 0 Å². The van der Waals surface area contributed by atoms with Gasteiger partial charge >= 0.3 is 6.09 Å². The lowest BCUT2D eigenvalue weighted by atomic mass is 9.96. The Morgan fingerprint density at radius 1 is 1.13 bits per heavy atom. The second kappa shape index (κ2) is 17.4. The largest absolute Gasteiger partial charge is 0.446 e. The van der Waals surface area contributed by atoms with Crippen LogP contribution in [0.4, 0.5) is 4.79 Å². The zero-order chi connectivity index (χ0) is 33.2. The molecule has 2 fully saturated rings. The molecule has 0 N–H and O–H groups in total. The molecule has 2 aliphatic heterocycles. The topological polar surface area (TPSA) is 96.2 Å². The van der Waals surface area contributed by atoms with E-state index in [1.54, 1.807) is 11.2 Å². The number of ether oxygens (including phenoxy) is 1. The Bertz CT molecular complexity index is 1400. The zero-order valence-corrected chi connectivity index (χ0v) is 29.9. The Morgan fingerprint density at radius 3 is 2.66 bits per heavy atom. The third kappa shape index (κ3) is 9.54. The molecule has 3 aromatic rings. The molecular weight excluding hydrogens is 682 g/mol. The second-order valence-corrected chi connectivity index (χ2v) is 14.1. The fraction of sp³-hybridized carbons (Fsp3) is 0.571. The van der Waals surface area contributed by atoms with Crippen LogP contribution in [0.2, 0.25) is 5.02 Å². The van der Waals surface area contributed by atoms with E-state index in [-0.39, 0.29) is 18.2 Å². The Morgan fingerprint density at radius 2 is 1.94 bits per heavy atom. The van der Waals surface area contributed by atoms with Gasteiger partial charge in [-0.1, -0.05) is 44.4 Å². The number of aromatic nitrogens is 3.